The van der Waals surface area contributed by atoms with Gasteiger partial charge >= 0.3 is 11.9 Å². The molecule has 1 aromatic rings. The third-order valence-electron chi connectivity index (χ3n) is 1.74. The van der Waals surface area contributed by atoms with Crippen LogP contribution in [0.25, 0.3) is 0 Å². The number of carboxylic acids is 1. The van der Waals surface area contributed by atoms with E-state index in [4.69, 9.17) is 5.11 Å². The number of carbonyl (C=O) groups is 2. The Morgan fingerprint density at radius 1 is 1.53 bits per heavy atom. The van der Waals surface area contributed by atoms with E-state index in [0.717, 1.165) is 17.8 Å². The van der Waals surface area contributed by atoms with E-state index < -0.39 is 11.9 Å². The zero-order valence-corrected chi connectivity index (χ0v) is 9.26. The van der Waals surface area contributed by atoms with Gasteiger partial charge in [0.25, 0.3) is 0 Å². The SMILES string of the molecule is CCCc1sc(C(=O)OC)nc1C(=O)O. The summed E-state index contributed by atoms with van der Waals surface area (Å²) in [5.41, 5.74) is -0.0396. The fraction of sp³-hybridized carbons (Fsp3) is 0.444. The minimum atomic E-state index is -1.11. The number of hydrogen-bond acceptors (Lipinski definition) is 5. The molecule has 0 bridgehead atoms. The minimum Gasteiger partial charge on any atom is -0.476 e. The highest BCUT2D eigenvalue weighted by Gasteiger charge is 2.20. The molecule has 6 heteroatoms. The van der Waals surface area contributed by atoms with Crippen LogP contribution in [0.3, 0.4) is 0 Å². The van der Waals surface area contributed by atoms with Gasteiger partial charge in [-0.1, -0.05) is 13.3 Å². The maximum atomic E-state index is 11.1. The average Bonchev–Trinajstić information content (AvgIpc) is 2.61. The van der Waals surface area contributed by atoms with Crippen LogP contribution in [0.2, 0.25) is 0 Å². The number of aromatic nitrogens is 1. The quantitative estimate of drug-likeness (QED) is 0.793. The lowest BCUT2D eigenvalue weighted by molar-refractivity contribution is 0.0600. The highest BCUT2D eigenvalue weighted by molar-refractivity contribution is 7.13. The standard InChI is InChI=1S/C9H11NO4S/c1-3-4-5-6(8(11)12)10-7(15-5)9(13)14-2/h3-4H2,1-2H3,(H,11,12). The Morgan fingerprint density at radius 2 is 2.20 bits per heavy atom. The molecule has 82 valence electrons. The number of methoxy groups -OCH3 is 1. The summed E-state index contributed by atoms with van der Waals surface area (Å²) in [6.07, 6.45) is 1.42. The molecule has 0 saturated carbocycles. The van der Waals surface area contributed by atoms with Gasteiger partial charge in [0.2, 0.25) is 5.01 Å². The number of rotatable bonds is 4. The van der Waals surface area contributed by atoms with Gasteiger partial charge < -0.3 is 9.84 Å². The minimum absolute atomic E-state index is 0.0396. The maximum Gasteiger partial charge on any atom is 0.367 e. The molecule has 0 unspecified atom stereocenters. The van der Waals surface area contributed by atoms with Crippen LogP contribution < -0.4 is 0 Å². The van der Waals surface area contributed by atoms with Crippen molar-refractivity contribution >= 4 is 23.3 Å². The van der Waals surface area contributed by atoms with E-state index >= 15 is 0 Å². The lowest BCUT2D eigenvalue weighted by Crippen LogP contribution is -2.04. The van der Waals surface area contributed by atoms with Crippen molar-refractivity contribution in [2.45, 2.75) is 19.8 Å². The van der Waals surface area contributed by atoms with Crippen LogP contribution in [0, 0.1) is 0 Å². The Bertz CT molecular complexity index is 385. The molecule has 0 aromatic carbocycles. The topological polar surface area (TPSA) is 76.5 Å². The second kappa shape index (κ2) is 4.88. The Kier molecular flexibility index (Phi) is 3.79. The number of carboxylic acid groups (broad SMARTS) is 1. The van der Waals surface area contributed by atoms with Crippen molar-refractivity contribution < 1.29 is 19.4 Å². The van der Waals surface area contributed by atoms with Crippen molar-refractivity contribution in [3.05, 3.63) is 15.6 Å². The monoisotopic (exact) mass is 229 g/mol. The van der Waals surface area contributed by atoms with E-state index in [0.29, 0.717) is 11.3 Å². The molecule has 1 heterocycles. The molecule has 1 rings (SSSR count). The number of aromatic carboxylic acids is 1. The Labute approximate surface area is 90.7 Å². The summed E-state index contributed by atoms with van der Waals surface area (Å²) in [5.74, 6) is -1.70. The summed E-state index contributed by atoms with van der Waals surface area (Å²) in [6.45, 7) is 1.93. The van der Waals surface area contributed by atoms with E-state index in [2.05, 4.69) is 9.72 Å². The van der Waals surface area contributed by atoms with Crippen LogP contribution in [-0.4, -0.2) is 29.1 Å². The van der Waals surface area contributed by atoms with Crippen LogP contribution in [0.4, 0.5) is 0 Å². The molecule has 15 heavy (non-hydrogen) atoms. The summed E-state index contributed by atoms with van der Waals surface area (Å²) in [7, 11) is 1.24. The van der Waals surface area contributed by atoms with Gasteiger partial charge in [-0.25, -0.2) is 14.6 Å². The van der Waals surface area contributed by atoms with Gasteiger partial charge in [-0.2, -0.15) is 0 Å². The molecule has 0 atom stereocenters. The summed E-state index contributed by atoms with van der Waals surface area (Å²) >= 11 is 1.08. The number of carbonyl (C=O) groups excluding carboxylic acids is 1. The first kappa shape index (κ1) is 11.6. The van der Waals surface area contributed by atoms with Gasteiger partial charge in [-0.05, 0) is 6.42 Å². The molecule has 0 saturated heterocycles. The molecule has 0 aliphatic carbocycles. The lowest BCUT2D eigenvalue weighted by atomic mass is 10.2. The van der Waals surface area contributed by atoms with Crippen LogP contribution in [0.5, 0.6) is 0 Å². The normalized spacial score (nSPS) is 10.0. The Balaban J connectivity index is 3.08. The van der Waals surface area contributed by atoms with Crippen LogP contribution >= 0.6 is 11.3 Å². The fourth-order valence-corrected chi connectivity index (χ4v) is 2.16. The van der Waals surface area contributed by atoms with E-state index in [1.807, 2.05) is 6.92 Å². The highest BCUT2D eigenvalue weighted by Crippen LogP contribution is 2.21. The van der Waals surface area contributed by atoms with Crippen LogP contribution in [-0.2, 0) is 11.2 Å². The predicted octanol–water partition coefficient (Wildman–Crippen LogP) is 1.58. The number of ether oxygens (including phenoxy) is 1. The van der Waals surface area contributed by atoms with E-state index in [9.17, 15) is 9.59 Å². The molecule has 0 aliphatic heterocycles. The first-order valence-corrected chi connectivity index (χ1v) is 5.23. The molecule has 0 amide bonds. The second-order valence-electron chi connectivity index (χ2n) is 2.84. The molecule has 0 aliphatic rings. The highest BCUT2D eigenvalue weighted by atomic mass is 32.1. The largest absolute Gasteiger partial charge is 0.476 e. The van der Waals surface area contributed by atoms with E-state index in [1.165, 1.54) is 7.11 Å². The van der Waals surface area contributed by atoms with Gasteiger partial charge in [0, 0.05) is 4.88 Å². The average molecular weight is 229 g/mol. The van der Waals surface area contributed by atoms with Crippen LogP contribution in [0.15, 0.2) is 0 Å². The van der Waals surface area contributed by atoms with Gasteiger partial charge in [0.1, 0.15) is 0 Å². The molecule has 0 spiro atoms. The van der Waals surface area contributed by atoms with Crippen molar-refractivity contribution in [3.8, 4) is 0 Å². The van der Waals surface area contributed by atoms with Gasteiger partial charge in [0.05, 0.1) is 7.11 Å². The fourth-order valence-electron chi connectivity index (χ4n) is 1.09. The predicted molar refractivity (Wildman–Crippen MR) is 54.4 cm³/mol. The van der Waals surface area contributed by atoms with Gasteiger partial charge in [0.15, 0.2) is 5.69 Å². The van der Waals surface area contributed by atoms with Gasteiger partial charge in [-0.3, -0.25) is 0 Å². The molecule has 1 N–H and O–H groups in total. The lowest BCUT2D eigenvalue weighted by Gasteiger charge is -1.92. The zero-order chi connectivity index (χ0) is 11.4. The van der Waals surface area contributed by atoms with Crippen molar-refractivity contribution in [2.75, 3.05) is 7.11 Å². The first-order valence-electron chi connectivity index (χ1n) is 4.41. The summed E-state index contributed by atoms with van der Waals surface area (Å²) in [6, 6.07) is 0. The molecule has 0 radical (unpaired) electrons. The van der Waals surface area contributed by atoms with Crippen LogP contribution in [0.1, 0.15) is 38.5 Å². The number of thiazole rings is 1. The number of hydrogen-bond donors (Lipinski definition) is 1. The first-order chi connectivity index (χ1) is 7.10. The van der Waals surface area contributed by atoms with Crippen molar-refractivity contribution in [1.82, 2.24) is 4.98 Å². The Morgan fingerprint density at radius 3 is 2.67 bits per heavy atom. The third kappa shape index (κ3) is 2.53. The molecule has 0 fully saturated rings. The third-order valence-corrected chi connectivity index (χ3v) is 2.83. The Hall–Kier alpha value is -1.43. The summed E-state index contributed by atoms with van der Waals surface area (Å²) in [5, 5.41) is 8.95. The van der Waals surface area contributed by atoms with Gasteiger partial charge in [-0.15, -0.1) is 11.3 Å². The number of aryl methyl sites for hydroxylation is 1. The second-order valence-corrected chi connectivity index (χ2v) is 3.92. The number of esters is 1. The zero-order valence-electron chi connectivity index (χ0n) is 8.44. The number of nitrogens with zero attached hydrogens (tertiary/aromatic N) is 1. The van der Waals surface area contributed by atoms with Crippen molar-refractivity contribution in [1.29, 1.82) is 0 Å². The summed E-state index contributed by atoms with van der Waals surface area (Å²) in [4.78, 5) is 26.3. The maximum absolute atomic E-state index is 11.1. The smallest absolute Gasteiger partial charge is 0.367 e. The molecule has 1 aromatic heterocycles. The van der Waals surface area contributed by atoms with Crippen molar-refractivity contribution in [3.63, 3.8) is 0 Å². The van der Waals surface area contributed by atoms with Crippen molar-refractivity contribution in [2.24, 2.45) is 0 Å². The summed E-state index contributed by atoms with van der Waals surface area (Å²) < 4.78 is 4.48. The van der Waals surface area contributed by atoms with E-state index in [-0.39, 0.29) is 10.7 Å². The molecular formula is C9H11NO4S. The molecular weight excluding hydrogens is 218 g/mol. The van der Waals surface area contributed by atoms with E-state index in [1.54, 1.807) is 0 Å². The molecule has 5 nitrogen and oxygen atoms in total.